The number of ether oxygens (including phenoxy) is 1. The number of amides is 1. The zero-order valence-corrected chi connectivity index (χ0v) is 11.1. The molecule has 0 aromatic heterocycles. The Balaban J connectivity index is 2.16. The predicted molar refractivity (Wildman–Crippen MR) is 70.2 cm³/mol. The minimum atomic E-state index is -0.321. The Morgan fingerprint density at radius 2 is 2.26 bits per heavy atom. The third-order valence-electron chi connectivity index (χ3n) is 3.25. The van der Waals surface area contributed by atoms with Crippen molar-refractivity contribution in [2.24, 2.45) is 5.73 Å². The van der Waals surface area contributed by atoms with Gasteiger partial charge in [-0.1, -0.05) is 0 Å². The van der Waals surface area contributed by atoms with E-state index in [1.165, 1.54) is 12.1 Å². The van der Waals surface area contributed by atoms with Crippen molar-refractivity contribution in [1.29, 1.82) is 0 Å². The van der Waals surface area contributed by atoms with Crippen LogP contribution in [0.2, 0.25) is 0 Å². The molecule has 0 radical (unpaired) electrons. The van der Waals surface area contributed by atoms with Crippen LogP contribution in [0, 0.1) is 5.82 Å². The molecule has 0 atom stereocenters. The Labute approximate surface area is 112 Å². The molecule has 0 bridgehead atoms. The van der Waals surface area contributed by atoms with Gasteiger partial charge < -0.3 is 15.4 Å². The fourth-order valence-corrected chi connectivity index (χ4v) is 2.13. The van der Waals surface area contributed by atoms with Gasteiger partial charge in [0.1, 0.15) is 11.6 Å². The first kappa shape index (κ1) is 13.8. The molecule has 1 amide bonds. The third kappa shape index (κ3) is 3.44. The van der Waals surface area contributed by atoms with Gasteiger partial charge in [0.25, 0.3) is 0 Å². The quantitative estimate of drug-likeness (QED) is 0.852. The Morgan fingerprint density at radius 1 is 1.53 bits per heavy atom. The number of hydrogen-bond acceptors (Lipinski definition) is 3. The van der Waals surface area contributed by atoms with E-state index in [1.54, 1.807) is 18.1 Å². The number of nitrogens with two attached hydrogens (primary N) is 1. The monoisotopic (exact) mass is 266 g/mol. The summed E-state index contributed by atoms with van der Waals surface area (Å²) >= 11 is 0. The highest BCUT2D eigenvalue weighted by Gasteiger charge is 2.32. The molecule has 0 saturated heterocycles. The maximum absolute atomic E-state index is 13.3. The van der Waals surface area contributed by atoms with Crippen molar-refractivity contribution in [3.05, 3.63) is 29.6 Å². The van der Waals surface area contributed by atoms with Crippen LogP contribution in [0.3, 0.4) is 0 Å². The molecule has 5 heteroatoms. The molecule has 0 aliphatic heterocycles. The van der Waals surface area contributed by atoms with Gasteiger partial charge in [0, 0.05) is 31.1 Å². The van der Waals surface area contributed by atoms with E-state index in [-0.39, 0.29) is 17.8 Å². The second-order valence-corrected chi connectivity index (χ2v) is 4.75. The number of benzene rings is 1. The minimum Gasteiger partial charge on any atom is -0.496 e. The maximum Gasteiger partial charge on any atom is 0.224 e. The third-order valence-corrected chi connectivity index (χ3v) is 3.25. The van der Waals surface area contributed by atoms with E-state index in [9.17, 15) is 9.18 Å². The summed E-state index contributed by atoms with van der Waals surface area (Å²) in [5.74, 6) is 0.307. The van der Waals surface area contributed by atoms with Gasteiger partial charge in [0.05, 0.1) is 7.11 Å². The standard InChI is InChI=1S/C14H19FN2O2/c1-19-13-5-2-11(15)8-10(13)9-17(12-3-4-12)14(18)6-7-16/h2,5,8,12H,3-4,6-7,9,16H2,1H3. The lowest BCUT2D eigenvalue weighted by Gasteiger charge is -2.23. The average Bonchev–Trinajstić information content (AvgIpc) is 3.20. The molecule has 0 spiro atoms. The molecule has 1 aromatic carbocycles. The molecule has 4 nitrogen and oxygen atoms in total. The summed E-state index contributed by atoms with van der Waals surface area (Å²) in [6.07, 6.45) is 2.34. The smallest absolute Gasteiger partial charge is 0.224 e. The summed E-state index contributed by atoms with van der Waals surface area (Å²) in [5, 5.41) is 0. The lowest BCUT2D eigenvalue weighted by Crippen LogP contribution is -2.33. The Hall–Kier alpha value is -1.62. The molecule has 0 heterocycles. The zero-order valence-electron chi connectivity index (χ0n) is 11.1. The van der Waals surface area contributed by atoms with Gasteiger partial charge in [0.2, 0.25) is 5.91 Å². The van der Waals surface area contributed by atoms with Crippen LogP contribution in [0.1, 0.15) is 24.8 Å². The van der Waals surface area contributed by atoms with Crippen molar-refractivity contribution in [1.82, 2.24) is 4.90 Å². The van der Waals surface area contributed by atoms with Gasteiger partial charge >= 0.3 is 0 Å². The highest BCUT2D eigenvalue weighted by Crippen LogP contribution is 2.31. The Kier molecular flexibility index (Phi) is 4.37. The van der Waals surface area contributed by atoms with Crippen LogP contribution < -0.4 is 10.5 Å². The van der Waals surface area contributed by atoms with Crippen LogP contribution >= 0.6 is 0 Å². The molecule has 1 fully saturated rings. The number of carbonyl (C=O) groups is 1. The van der Waals surface area contributed by atoms with E-state index in [0.29, 0.717) is 30.8 Å². The molecule has 1 saturated carbocycles. The molecule has 19 heavy (non-hydrogen) atoms. The number of nitrogens with zero attached hydrogens (tertiary/aromatic N) is 1. The minimum absolute atomic E-state index is 0.0244. The average molecular weight is 266 g/mol. The molecule has 104 valence electrons. The first-order valence-corrected chi connectivity index (χ1v) is 6.47. The van der Waals surface area contributed by atoms with Crippen molar-refractivity contribution < 1.29 is 13.9 Å². The summed E-state index contributed by atoms with van der Waals surface area (Å²) in [4.78, 5) is 13.8. The van der Waals surface area contributed by atoms with Crippen LogP contribution in [0.4, 0.5) is 4.39 Å². The van der Waals surface area contributed by atoms with Crippen LogP contribution in [0.5, 0.6) is 5.75 Å². The lowest BCUT2D eigenvalue weighted by atomic mass is 10.1. The molecule has 2 N–H and O–H groups in total. The van der Waals surface area contributed by atoms with Crippen molar-refractivity contribution >= 4 is 5.91 Å². The Bertz CT molecular complexity index is 461. The van der Waals surface area contributed by atoms with Crippen molar-refractivity contribution in [2.45, 2.75) is 31.8 Å². The number of methoxy groups -OCH3 is 1. The second kappa shape index (κ2) is 6.02. The summed E-state index contributed by atoms with van der Waals surface area (Å²) in [6.45, 7) is 0.715. The fourth-order valence-electron chi connectivity index (χ4n) is 2.13. The molecule has 1 aliphatic rings. The van der Waals surface area contributed by atoms with Gasteiger partial charge in [-0.05, 0) is 31.0 Å². The van der Waals surface area contributed by atoms with Gasteiger partial charge in [-0.3, -0.25) is 4.79 Å². The number of carbonyl (C=O) groups excluding carboxylic acids is 1. The molecule has 2 rings (SSSR count). The maximum atomic E-state index is 13.3. The normalized spacial score (nSPS) is 14.3. The molecular formula is C14H19FN2O2. The van der Waals surface area contributed by atoms with Crippen LogP contribution in [0.25, 0.3) is 0 Å². The summed E-state index contributed by atoms with van der Waals surface area (Å²) in [6, 6.07) is 4.63. The van der Waals surface area contributed by atoms with Crippen LogP contribution in [-0.2, 0) is 11.3 Å². The first-order chi connectivity index (χ1) is 9.15. The van der Waals surface area contributed by atoms with E-state index in [0.717, 1.165) is 12.8 Å². The Morgan fingerprint density at radius 3 is 2.84 bits per heavy atom. The summed E-state index contributed by atoms with van der Waals surface area (Å²) in [7, 11) is 1.54. The van der Waals surface area contributed by atoms with Crippen molar-refractivity contribution in [3.63, 3.8) is 0 Å². The highest BCUT2D eigenvalue weighted by atomic mass is 19.1. The molecule has 1 aromatic rings. The molecule has 1 aliphatic carbocycles. The molecular weight excluding hydrogens is 247 g/mol. The summed E-state index contributed by atoms with van der Waals surface area (Å²) in [5.41, 5.74) is 6.12. The van der Waals surface area contributed by atoms with Crippen molar-refractivity contribution in [3.8, 4) is 5.75 Å². The topological polar surface area (TPSA) is 55.6 Å². The van der Waals surface area contributed by atoms with E-state index >= 15 is 0 Å². The SMILES string of the molecule is COc1ccc(F)cc1CN(C(=O)CCN)C1CC1. The number of hydrogen-bond donors (Lipinski definition) is 1. The van der Waals surface area contributed by atoms with E-state index in [1.807, 2.05) is 0 Å². The number of rotatable bonds is 6. The predicted octanol–water partition coefficient (Wildman–Crippen LogP) is 1.67. The van der Waals surface area contributed by atoms with E-state index in [4.69, 9.17) is 10.5 Å². The van der Waals surface area contributed by atoms with Crippen LogP contribution in [0.15, 0.2) is 18.2 Å². The largest absolute Gasteiger partial charge is 0.496 e. The zero-order chi connectivity index (χ0) is 13.8. The van der Waals surface area contributed by atoms with Gasteiger partial charge in [-0.2, -0.15) is 0 Å². The molecule has 0 unspecified atom stereocenters. The second-order valence-electron chi connectivity index (χ2n) is 4.75. The lowest BCUT2D eigenvalue weighted by molar-refractivity contribution is -0.132. The first-order valence-electron chi connectivity index (χ1n) is 6.47. The van der Waals surface area contributed by atoms with E-state index in [2.05, 4.69) is 0 Å². The van der Waals surface area contributed by atoms with Crippen molar-refractivity contribution in [2.75, 3.05) is 13.7 Å². The highest BCUT2D eigenvalue weighted by molar-refractivity contribution is 5.77. The summed E-state index contributed by atoms with van der Waals surface area (Å²) < 4.78 is 18.5. The van der Waals surface area contributed by atoms with Gasteiger partial charge in [-0.25, -0.2) is 4.39 Å². The van der Waals surface area contributed by atoms with Gasteiger partial charge in [0.15, 0.2) is 0 Å². The van der Waals surface area contributed by atoms with E-state index < -0.39 is 0 Å². The fraction of sp³-hybridized carbons (Fsp3) is 0.500. The number of halogens is 1. The van der Waals surface area contributed by atoms with Crippen LogP contribution in [-0.4, -0.2) is 30.5 Å². The van der Waals surface area contributed by atoms with Gasteiger partial charge in [-0.15, -0.1) is 0 Å².